The molecule has 0 heterocycles. The Kier molecular flexibility index (Phi) is 6.05. The number of non-ortho nitro benzene ring substituents is 1. The van der Waals surface area contributed by atoms with Crippen molar-refractivity contribution in [2.75, 3.05) is 0 Å². The molecule has 0 amide bonds. The summed E-state index contributed by atoms with van der Waals surface area (Å²) < 4.78 is 13.4. The molecule has 0 bridgehead atoms. The molecule has 1 rings (SSSR count). The van der Waals surface area contributed by atoms with E-state index < -0.39 is 16.8 Å². The average molecular weight is 263 g/mol. The molecule has 2 N–H and O–H groups in total. The molecule has 0 saturated heterocycles. The summed E-state index contributed by atoms with van der Waals surface area (Å²) in [4.78, 5) is 10.0. The maximum atomic E-state index is 13.4. The van der Waals surface area contributed by atoms with Gasteiger partial charge in [-0.15, -0.1) is 12.4 Å². The molecule has 6 heteroatoms. The molecule has 0 radical (unpaired) electrons. The van der Waals surface area contributed by atoms with E-state index in [4.69, 9.17) is 5.73 Å². The van der Waals surface area contributed by atoms with Gasteiger partial charge < -0.3 is 5.73 Å². The van der Waals surface area contributed by atoms with E-state index in [9.17, 15) is 14.5 Å². The van der Waals surface area contributed by atoms with Crippen LogP contribution >= 0.6 is 12.4 Å². The van der Waals surface area contributed by atoms with Crippen LogP contribution in [0, 0.1) is 21.8 Å². The fraction of sp³-hybridized carbons (Fsp3) is 0.455. The van der Waals surface area contributed by atoms with Crippen LogP contribution in [-0.4, -0.2) is 4.92 Å². The first-order chi connectivity index (χ1) is 7.41. The third kappa shape index (κ3) is 4.28. The summed E-state index contributed by atoms with van der Waals surface area (Å²) >= 11 is 0. The molecule has 0 aromatic heterocycles. The van der Waals surface area contributed by atoms with Gasteiger partial charge in [-0.3, -0.25) is 10.1 Å². The van der Waals surface area contributed by atoms with Gasteiger partial charge in [0.05, 0.1) is 4.92 Å². The number of benzene rings is 1. The van der Waals surface area contributed by atoms with E-state index in [1.807, 2.05) is 13.8 Å². The van der Waals surface area contributed by atoms with Crippen LogP contribution in [0.15, 0.2) is 18.2 Å². The van der Waals surface area contributed by atoms with Gasteiger partial charge >= 0.3 is 0 Å². The second kappa shape index (κ2) is 6.51. The number of nitro benzene ring substituents is 1. The monoisotopic (exact) mass is 262 g/mol. The zero-order valence-corrected chi connectivity index (χ0v) is 10.5. The number of nitrogens with two attached hydrogens (primary N) is 1. The molecule has 96 valence electrons. The molecule has 1 aromatic rings. The van der Waals surface area contributed by atoms with Crippen LogP contribution in [0.4, 0.5) is 10.1 Å². The largest absolute Gasteiger partial charge is 0.324 e. The van der Waals surface area contributed by atoms with Crippen LogP contribution in [0.1, 0.15) is 31.9 Å². The summed E-state index contributed by atoms with van der Waals surface area (Å²) in [6, 6.07) is 2.94. The number of hydrogen-bond donors (Lipinski definition) is 1. The Morgan fingerprint density at radius 2 is 2.06 bits per heavy atom. The summed E-state index contributed by atoms with van der Waals surface area (Å²) in [6.45, 7) is 3.93. The maximum Gasteiger partial charge on any atom is 0.269 e. The van der Waals surface area contributed by atoms with Gasteiger partial charge in [-0.05, 0) is 18.4 Å². The Morgan fingerprint density at radius 1 is 1.47 bits per heavy atom. The Morgan fingerprint density at radius 3 is 2.53 bits per heavy atom. The first-order valence-electron chi connectivity index (χ1n) is 5.11. The van der Waals surface area contributed by atoms with Crippen molar-refractivity contribution in [1.82, 2.24) is 0 Å². The van der Waals surface area contributed by atoms with Crippen LogP contribution in [0.25, 0.3) is 0 Å². The lowest BCUT2D eigenvalue weighted by Gasteiger charge is -2.14. The molecule has 1 aromatic carbocycles. The number of nitro groups is 1. The van der Waals surface area contributed by atoms with Crippen molar-refractivity contribution >= 4 is 18.1 Å². The highest BCUT2D eigenvalue weighted by molar-refractivity contribution is 5.85. The molecule has 1 atom stereocenters. The van der Waals surface area contributed by atoms with Crippen molar-refractivity contribution in [3.63, 3.8) is 0 Å². The minimum atomic E-state index is -0.551. The van der Waals surface area contributed by atoms with Gasteiger partial charge in [0.15, 0.2) is 0 Å². The van der Waals surface area contributed by atoms with Crippen molar-refractivity contribution in [2.45, 2.75) is 26.3 Å². The van der Waals surface area contributed by atoms with Crippen molar-refractivity contribution in [3.8, 4) is 0 Å². The SMILES string of the molecule is CC(C)C[C@@H](N)c1cc([N+](=O)[O-])ccc1F.Cl. The highest BCUT2D eigenvalue weighted by Gasteiger charge is 2.17. The molecule has 0 aliphatic rings. The van der Waals surface area contributed by atoms with Crippen LogP contribution < -0.4 is 5.73 Å². The first kappa shape index (κ1) is 15.8. The lowest BCUT2D eigenvalue weighted by molar-refractivity contribution is -0.385. The third-order valence-corrected chi connectivity index (χ3v) is 2.32. The number of nitrogens with zero attached hydrogens (tertiary/aromatic N) is 1. The Hall–Kier alpha value is -1.20. The Labute approximate surface area is 106 Å². The molecule has 0 fully saturated rings. The molecule has 0 unspecified atom stereocenters. The zero-order valence-electron chi connectivity index (χ0n) is 9.72. The fourth-order valence-electron chi connectivity index (χ4n) is 1.56. The number of hydrogen-bond acceptors (Lipinski definition) is 3. The quantitative estimate of drug-likeness (QED) is 0.669. The van der Waals surface area contributed by atoms with Crippen LogP contribution in [-0.2, 0) is 0 Å². The minimum absolute atomic E-state index is 0. The highest BCUT2D eigenvalue weighted by Crippen LogP contribution is 2.25. The van der Waals surface area contributed by atoms with E-state index in [0.717, 1.165) is 12.1 Å². The summed E-state index contributed by atoms with van der Waals surface area (Å²) in [5, 5.41) is 10.6. The van der Waals surface area contributed by atoms with Crippen molar-refractivity contribution in [3.05, 3.63) is 39.7 Å². The lowest BCUT2D eigenvalue weighted by atomic mass is 9.97. The van der Waals surface area contributed by atoms with E-state index in [0.29, 0.717) is 12.3 Å². The van der Waals surface area contributed by atoms with Crippen LogP contribution in [0.2, 0.25) is 0 Å². The van der Waals surface area contributed by atoms with E-state index >= 15 is 0 Å². The molecule has 0 aliphatic heterocycles. The number of halogens is 2. The average Bonchev–Trinajstić information content (AvgIpc) is 2.16. The van der Waals surface area contributed by atoms with Gasteiger partial charge in [-0.1, -0.05) is 13.8 Å². The second-order valence-corrected chi connectivity index (χ2v) is 4.20. The predicted octanol–water partition coefficient (Wildman–Crippen LogP) is 3.20. The van der Waals surface area contributed by atoms with Gasteiger partial charge in [-0.25, -0.2) is 4.39 Å². The zero-order chi connectivity index (χ0) is 12.3. The molecule has 17 heavy (non-hydrogen) atoms. The van der Waals surface area contributed by atoms with Crippen LogP contribution in [0.3, 0.4) is 0 Å². The summed E-state index contributed by atoms with van der Waals surface area (Å²) in [7, 11) is 0. The molecular weight excluding hydrogens is 247 g/mol. The van der Waals surface area contributed by atoms with Crippen molar-refractivity contribution < 1.29 is 9.31 Å². The second-order valence-electron chi connectivity index (χ2n) is 4.20. The summed E-state index contributed by atoms with van der Waals surface area (Å²) in [5.74, 6) is -0.174. The molecule has 4 nitrogen and oxygen atoms in total. The Balaban J connectivity index is 0.00000256. The predicted molar refractivity (Wildman–Crippen MR) is 66.7 cm³/mol. The molecule has 0 spiro atoms. The first-order valence-corrected chi connectivity index (χ1v) is 5.11. The van der Waals surface area contributed by atoms with Gasteiger partial charge in [0, 0.05) is 23.7 Å². The van der Waals surface area contributed by atoms with Crippen molar-refractivity contribution in [1.29, 1.82) is 0 Å². The summed E-state index contributed by atoms with van der Waals surface area (Å²) in [6.07, 6.45) is 0.595. The fourth-order valence-corrected chi connectivity index (χ4v) is 1.56. The van der Waals surface area contributed by atoms with E-state index in [1.165, 1.54) is 6.07 Å². The third-order valence-electron chi connectivity index (χ3n) is 2.32. The Bertz CT molecular complexity index is 399. The number of rotatable bonds is 4. The van der Waals surface area contributed by atoms with Crippen LogP contribution in [0.5, 0.6) is 0 Å². The van der Waals surface area contributed by atoms with Gasteiger partial charge in [0.1, 0.15) is 5.82 Å². The lowest BCUT2D eigenvalue weighted by Crippen LogP contribution is -2.14. The van der Waals surface area contributed by atoms with E-state index in [-0.39, 0.29) is 23.7 Å². The summed E-state index contributed by atoms with van der Waals surface area (Å²) in [5.41, 5.74) is 5.89. The molecule has 0 aliphatic carbocycles. The van der Waals surface area contributed by atoms with Gasteiger partial charge in [-0.2, -0.15) is 0 Å². The molecule has 0 saturated carbocycles. The molecular formula is C11H16ClFN2O2. The standard InChI is InChI=1S/C11H15FN2O2.ClH/c1-7(2)5-11(13)9-6-8(14(15)16)3-4-10(9)12;/h3-4,6-7,11H,5,13H2,1-2H3;1H/t11-;/m1./s1. The van der Waals surface area contributed by atoms with Crippen molar-refractivity contribution in [2.24, 2.45) is 11.7 Å². The maximum absolute atomic E-state index is 13.4. The minimum Gasteiger partial charge on any atom is -0.324 e. The topological polar surface area (TPSA) is 69.2 Å². The smallest absolute Gasteiger partial charge is 0.269 e. The van der Waals surface area contributed by atoms with Gasteiger partial charge in [0.2, 0.25) is 0 Å². The normalized spacial score (nSPS) is 12.1. The van der Waals surface area contributed by atoms with Gasteiger partial charge in [0.25, 0.3) is 5.69 Å². The van der Waals surface area contributed by atoms with E-state index in [1.54, 1.807) is 0 Å². The van der Waals surface area contributed by atoms with E-state index in [2.05, 4.69) is 0 Å². The highest BCUT2D eigenvalue weighted by atomic mass is 35.5.